The standard InChI is InChI=1S/C24H30N2O5S/c1-17-15-26(18(2)16-27)32(28,29)24-12-9-20(13-22(24)31-23(17)14-25-3)6-5-19-7-10-21(30-4)11-8-19/h7-13,17-18,23,25,27H,14-16H2,1-4H3/t17-,18-,23+/m0/s1. The zero-order chi connectivity index (χ0) is 23.3. The quantitative estimate of drug-likeness (QED) is 0.667. The number of likely N-dealkylation sites (N-methyl/N-ethyl adjacent to an activating group) is 1. The first kappa shape index (κ1) is 24.1. The zero-order valence-electron chi connectivity index (χ0n) is 18.8. The van der Waals surface area contributed by atoms with Crippen LogP contribution in [0.4, 0.5) is 0 Å². The van der Waals surface area contributed by atoms with Gasteiger partial charge in [-0.2, -0.15) is 4.31 Å². The molecule has 0 aromatic heterocycles. The first-order chi connectivity index (χ1) is 15.3. The van der Waals surface area contributed by atoms with Crippen LogP contribution in [-0.4, -0.2) is 63.8 Å². The molecule has 2 N–H and O–H groups in total. The summed E-state index contributed by atoms with van der Waals surface area (Å²) in [6, 6.07) is 11.7. The number of nitrogens with one attached hydrogen (secondary N) is 1. The number of hydrogen-bond acceptors (Lipinski definition) is 6. The summed E-state index contributed by atoms with van der Waals surface area (Å²) in [5, 5.41) is 12.8. The number of aliphatic hydroxyl groups is 1. The molecule has 0 aliphatic carbocycles. The van der Waals surface area contributed by atoms with Gasteiger partial charge in [0.1, 0.15) is 22.5 Å². The van der Waals surface area contributed by atoms with Crippen molar-refractivity contribution in [3.8, 4) is 23.3 Å². The van der Waals surface area contributed by atoms with Gasteiger partial charge in [-0.3, -0.25) is 0 Å². The van der Waals surface area contributed by atoms with Crippen LogP contribution in [-0.2, 0) is 10.0 Å². The highest BCUT2D eigenvalue weighted by Gasteiger charge is 2.37. The van der Waals surface area contributed by atoms with Gasteiger partial charge in [-0.25, -0.2) is 8.42 Å². The molecule has 0 saturated heterocycles. The number of methoxy groups -OCH3 is 1. The molecule has 3 rings (SSSR count). The molecule has 0 saturated carbocycles. The first-order valence-corrected chi connectivity index (χ1v) is 12.0. The van der Waals surface area contributed by atoms with Crippen molar-refractivity contribution >= 4 is 10.0 Å². The summed E-state index contributed by atoms with van der Waals surface area (Å²) >= 11 is 0. The molecule has 7 nitrogen and oxygen atoms in total. The Hall–Kier alpha value is -2.57. The van der Waals surface area contributed by atoms with E-state index in [9.17, 15) is 13.5 Å². The fraction of sp³-hybridized carbons (Fsp3) is 0.417. The van der Waals surface area contributed by atoms with Crippen LogP contribution in [0.25, 0.3) is 0 Å². The molecule has 0 spiro atoms. The lowest BCUT2D eigenvalue weighted by molar-refractivity contribution is 0.103. The van der Waals surface area contributed by atoms with Crippen molar-refractivity contribution in [2.45, 2.75) is 30.9 Å². The van der Waals surface area contributed by atoms with Crippen molar-refractivity contribution in [2.75, 3.05) is 33.9 Å². The number of aliphatic hydroxyl groups excluding tert-OH is 1. The number of sulfonamides is 1. The van der Waals surface area contributed by atoms with Crippen LogP contribution >= 0.6 is 0 Å². The van der Waals surface area contributed by atoms with Gasteiger partial charge in [0.15, 0.2) is 0 Å². The normalized spacial score (nSPS) is 21.2. The molecule has 0 amide bonds. The van der Waals surface area contributed by atoms with Crippen molar-refractivity contribution in [3.63, 3.8) is 0 Å². The molecule has 3 atom stereocenters. The number of benzene rings is 2. The SMILES string of the molecule is CNC[C@H]1Oc2cc(C#Cc3ccc(OC)cc3)ccc2S(=O)(=O)N([C@@H](C)CO)C[C@@H]1C. The Balaban J connectivity index is 2.03. The Morgan fingerprint density at radius 1 is 1.22 bits per heavy atom. The smallest absolute Gasteiger partial charge is 0.247 e. The molecule has 1 aliphatic heterocycles. The van der Waals surface area contributed by atoms with Crippen molar-refractivity contribution in [2.24, 2.45) is 5.92 Å². The maximum atomic E-state index is 13.4. The van der Waals surface area contributed by atoms with Crippen LogP contribution in [0.1, 0.15) is 25.0 Å². The number of hydrogen-bond donors (Lipinski definition) is 2. The first-order valence-electron chi connectivity index (χ1n) is 10.5. The molecule has 172 valence electrons. The lowest BCUT2D eigenvalue weighted by atomic mass is 10.0. The van der Waals surface area contributed by atoms with Gasteiger partial charge in [-0.05, 0) is 56.4 Å². The van der Waals surface area contributed by atoms with Crippen molar-refractivity contribution < 1.29 is 23.0 Å². The van der Waals surface area contributed by atoms with Gasteiger partial charge < -0.3 is 19.9 Å². The Bertz CT molecular complexity index is 1090. The lowest BCUT2D eigenvalue weighted by Gasteiger charge is -2.36. The molecule has 8 heteroatoms. The summed E-state index contributed by atoms with van der Waals surface area (Å²) in [6.07, 6.45) is -0.243. The molecule has 32 heavy (non-hydrogen) atoms. The molecule has 0 unspecified atom stereocenters. The molecule has 2 aromatic carbocycles. The number of fused-ring (bicyclic) bond motifs is 1. The van der Waals surface area contributed by atoms with E-state index in [-0.39, 0.29) is 35.8 Å². The summed E-state index contributed by atoms with van der Waals surface area (Å²) in [5.74, 6) is 7.10. The highest BCUT2D eigenvalue weighted by Crippen LogP contribution is 2.33. The molecular weight excluding hydrogens is 428 g/mol. The maximum absolute atomic E-state index is 13.4. The van der Waals surface area contributed by atoms with E-state index in [1.165, 1.54) is 10.4 Å². The van der Waals surface area contributed by atoms with E-state index < -0.39 is 16.1 Å². The fourth-order valence-corrected chi connectivity index (χ4v) is 5.39. The third kappa shape index (κ3) is 5.25. The monoisotopic (exact) mass is 458 g/mol. The van der Waals surface area contributed by atoms with E-state index in [0.717, 1.165) is 11.3 Å². The number of nitrogens with zero attached hydrogens (tertiary/aromatic N) is 1. The Morgan fingerprint density at radius 2 is 1.88 bits per heavy atom. The average molecular weight is 459 g/mol. The number of ether oxygens (including phenoxy) is 2. The molecule has 1 aliphatic rings. The third-order valence-electron chi connectivity index (χ3n) is 5.51. The zero-order valence-corrected chi connectivity index (χ0v) is 19.6. The van der Waals surface area contributed by atoms with Crippen molar-refractivity contribution in [1.29, 1.82) is 0 Å². The maximum Gasteiger partial charge on any atom is 0.247 e. The summed E-state index contributed by atoms with van der Waals surface area (Å²) in [5.41, 5.74) is 1.46. The van der Waals surface area contributed by atoms with E-state index in [1.54, 1.807) is 26.2 Å². The molecule has 1 heterocycles. The minimum absolute atomic E-state index is 0.0841. The molecule has 0 bridgehead atoms. The predicted octanol–water partition coefficient (Wildman–Crippen LogP) is 2.08. The van der Waals surface area contributed by atoms with Gasteiger partial charge in [0.2, 0.25) is 10.0 Å². The van der Waals surface area contributed by atoms with E-state index >= 15 is 0 Å². The molecular formula is C24H30N2O5S. The highest BCUT2D eigenvalue weighted by molar-refractivity contribution is 7.89. The lowest BCUT2D eigenvalue weighted by Crippen LogP contribution is -2.49. The van der Waals surface area contributed by atoms with Crippen LogP contribution in [0.2, 0.25) is 0 Å². The topological polar surface area (TPSA) is 88.1 Å². The minimum Gasteiger partial charge on any atom is -0.497 e. The van der Waals surface area contributed by atoms with E-state index in [1.807, 2.05) is 38.2 Å². The van der Waals surface area contributed by atoms with Crippen LogP contribution in [0.5, 0.6) is 11.5 Å². The minimum atomic E-state index is -3.85. The predicted molar refractivity (Wildman–Crippen MR) is 123 cm³/mol. The van der Waals surface area contributed by atoms with Crippen molar-refractivity contribution in [3.05, 3.63) is 53.6 Å². The van der Waals surface area contributed by atoms with Crippen LogP contribution in [0, 0.1) is 17.8 Å². The largest absolute Gasteiger partial charge is 0.497 e. The second kappa shape index (κ2) is 10.4. The van der Waals surface area contributed by atoms with Crippen LogP contribution in [0.15, 0.2) is 47.4 Å². The third-order valence-corrected chi connectivity index (χ3v) is 7.53. The van der Waals surface area contributed by atoms with Crippen LogP contribution < -0.4 is 14.8 Å². The summed E-state index contributed by atoms with van der Waals surface area (Å²) in [6.45, 7) is 4.21. The van der Waals surface area contributed by atoms with Gasteiger partial charge in [-0.1, -0.05) is 18.8 Å². The Labute approximate surface area is 190 Å². The second-order valence-electron chi connectivity index (χ2n) is 7.94. The number of rotatable bonds is 5. The van der Waals surface area contributed by atoms with Gasteiger partial charge in [0, 0.05) is 36.2 Å². The summed E-state index contributed by atoms with van der Waals surface area (Å²) in [4.78, 5) is 0.0841. The van der Waals surface area contributed by atoms with E-state index in [0.29, 0.717) is 12.1 Å². The Morgan fingerprint density at radius 3 is 2.50 bits per heavy atom. The van der Waals surface area contributed by atoms with Gasteiger partial charge >= 0.3 is 0 Å². The summed E-state index contributed by atoms with van der Waals surface area (Å²) in [7, 11) is -0.412. The summed E-state index contributed by atoms with van der Waals surface area (Å²) < 4.78 is 39.5. The van der Waals surface area contributed by atoms with E-state index in [4.69, 9.17) is 9.47 Å². The Kier molecular flexibility index (Phi) is 7.80. The molecule has 2 aromatic rings. The van der Waals surface area contributed by atoms with Gasteiger partial charge in [0.25, 0.3) is 0 Å². The van der Waals surface area contributed by atoms with Crippen LogP contribution in [0.3, 0.4) is 0 Å². The fourth-order valence-electron chi connectivity index (χ4n) is 3.57. The van der Waals surface area contributed by atoms with Crippen molar-refractivity contribution in [1.82, 2.24) is 9.62 Å². The van der Waals surface area contributed by atoms with Gasteiger partial charge in [0.05, 0.1) is 13.7 Å². The second-order valence-corrected chi connectivity index (χ2v) is 9.80. The molecule has 0 fully saturated rings. The highest BCUT2D eigenvalue weighted by atomic mass is 32.2. The van der Waals surface area contributed by atoms with E-state index in [2.05, 4.69) is 17.2 Å². The van der Waals surface area contributed by atoms with Gasteiger partial charge in [-0.15, -0.1) is 0 Å². The molecule has 0 radical (unpaired) electrons. The average Bonchev–Trinajstić information content (AvgIpc) is 2.79.